The van der Waals surface area contributed by atoms with Crippen LogP contribution >= 0.6 is 191 Å². The van der Waals surface area contributed by atoms with Crippen LogP contribution in [0.15, 0.2) is 211 Å². The number of phenols is 2. The summed E-state index contributed by atoms with van der Waals surface area (Å²) in [4.78, 5) is 36.7. The van der Waals surface area contributed by atoms with E-state index in [9.17, 15) is 55.0 Å². The fraction of sp³-hybridized carbons (Fsp3) is 0.0952. The summed E-state index contributed by atoms with van der Waals surface area (Å²) in [5.41, 5.74) is 9.72. The van der Waals surface area contributed by atoms with Crippen LogP contribution in [0.2, 0.25) is 0 Å². The zero-order chi connectivity index (χ0) is 69.7. The fourth-order valence-electron chi connectivity index (χ4n) is 9.77. The van der Waals surface area contributed by atoms with Crippen molar-refractivity contribution in [3.8, 4) is 17.2 Å². The van der Waals surface area contributed by atoms with Crippen LogP contribution in [0.4, 0.5) is 0 Å². The first-order valence-electron chi connectivity index (χ1n) is 26.0. The van der Waals surface area contributed by atoms with Crippen LogP contribution in [-0.2, 0) is 44.7 Å². The number of benzene rings is 6. The minimum Gasteiger partial charge on any atom is -0.871 e. The average molecular weight is 2100 g/mol. The molecule has 0 saturated carbocycles. The monoisotopic (exact) mass is 2080 g/mol. The van der Waals surface area contributed by atoms with Gasteiger partial charge in [0, 0.05) is 25.6 Å². The summed E-state index contributed by atoms with van der Waals surface area (Å²) in [5.74, 6) is -0.919. The lowest BCUT2D eigenvalue weighted by Gasteiger charge is -2.24. The number of carbonyl (C=O) groups excluding carboxylic acids is 3. The minimum atomic E-state index is -4.32. The summed E-state index contributed by atoms with van der Waals surface area (Å²) in [6, 6.07) is 23.6. The van der Waals surface area contributed by atoms with Gasteiger partial charge in [-0.15, -0.1) is 25.3 Å². The number of hydrogen-bond donors (Lipinski definition) is 2. The Bertz CT molecular complexity index is 4510. The number of ketones is 3. The highest BCUT2D eigenvalue weighted by atomic mass is 79.9. The number of rotatable bonds is 9. The Labute approximate surface area is 637 Å². The highest BCUT2D eigenvalue weighted by Crippen LogP contribution is 2.50. The van der Waals surface area contributed by atoms with Gasteiger partial charge in [-0.1, -0.05) is 92.2 Å². The zero-order valence-electron chi connectivity index (χ0n) is 49.1. The summed E-state index contributed by atoms with van der Waals surface area (Å²) in [5, 5.41) is 33.0. The van der Waals surface area contributed by atoms with Crippen LogP contribution in [0.5, 0.6) is 17.2 Å². The largest absolute Gasteiger partial charge is 1.00 e. The van der Waals surface area contributed by atoms with Crippen molar-refractivity contribution < 1.29 is 70.0 Å². The molecule has 6 aromatic rings. The molecule has 0 aromatic heterocycles. The molecule has 0 radical (unpaired) electrons. The van der Waals surface area contributed by atoms with E-state index in [2.05, 4.69) is 191 Å². The molecule has 9 rings (SSSR count). The summed E-state index contributed by atoms with van der Waals surface area (Å²) in [7, 11) is -12.9. The topological polar surface area (TPSA) is 286 Å². The van der Waals surface area contributed by atoms with Crippen molar-refractivity contribution in [2.45, 2.75) is 56.2 Å². The Kier molecular flexibility index (Phi) is 25.4. The lowest BCUT2D eigenvalue weighted by Crippen LogP contribution is -2.11. The van der Waals surface area contributed by atoms with Crippen molar-refractivity contribution in [3.63, 3.8) is 0 Å². The molecular formula is C63H45Br12O15S3+3. The number of carbonyl (C=O) groups is 3. The number of halogens is 12. The Morgan fingerprint density at radius 2 is 0.624 bits per heavy atom. The smallest absolute Gasteiger partial charge is 0.871 e. The van der Waals surface area contributed by atoms with Crippen molar-refractivity contribution in [3.05, 3.63) is 246 Å². The molecule has 486 valence electrons. The predicted octanol–water partition coefficient (Wildman–Crippen LogP) is 17.4. The quantitative estimate of drug-likeness (QED) is 0.128. The van der Waals surface area contributed by atoms with Crippen molar-refractivity contribution >= 4 is 256 Å². The van der Waals surface area contributed by atoms with E-state index in [1.807, 2.05) is 0 Å². The molecule has 3 aliphatic carbocycles. The average Bonchev–Trinajstić information content (AvgIpc) is 0.765. The molecule has 0 spiro atoms. The van der Waals surface area contributed by atoms with Crippen LogP contribution in [0.3, 0.4) is 0 Å². The van der Waals surface area contributed by atoms with Crippen LogP contribution < -0.4 is 5.11 Å². The Hall–Kier alpha value is -3.12. The Morgan fingerprint density at radius 1 is 0.387 bits per heavy atom. The van der Waals surface area contributed by atoms with Crippen LogP contribution in [-0.4, -0.2) is 66.5 Å². The maximum Gasteiger partial charge on any atom is 1.00 e. The number of Topliss-reactive ketones (excluding diaryl/α,β-unsaturated/α-hetero) is 3. The summed E-state index contributed by atoms with van der Waals surface area (Å²) >= 11 is 40.0. The second-order valence-electron chi connectivity index (χ2n) is 20.2. The van der Waals surface area contributed by atoms with Gasteiger partial charge in [0.25, 0.3) is 0 Å². The van der Waals surface area contributed by atoms with E-state index in [4.69, 9.17) is 13.7 Å². The third kappa shape index (κ3) is 16.1. The molecule has 8 N–H and O–H groups in total. The standard InChI is InChI=1S/3C21H14Br4O5S/c3*1-9-12(7-14(22)20(26)18(9)24)17(11-5-3-4-6-16(11)31(28,29)30)13-8-15(23)21(27)19(25)10(13)2/h3*3-8,26H,1-2H3,(H,28,29,30)/p+3/b2*17-13+;17-13-. The predicted molar refractivity (Wildman–Crippen MR) is 404 cm³/mol. The van der Waals surface area contributed by atoms with E-state index in [1.54, 1.807) is 133 Å². The normalized spacial score (nSPS) is 16.5. The molecule has 0 unspecified atom stereocenters. The maximum atomic E-state index is 12.4. The van der Waals surface area contributed by atoms with E-state index in [0.717, 1.165) is 0 Å². The Morgan fingerprint density at radius 3 is 0.882 bits per heavy atom. The van der Waals surface area contributed by atoms with Crippen molar-refractivity contribution in [2.24, 2.45) is 0 Å². The van der Waals surface area contributed by atoms with E-state index in [0.29, 0.717) is 154 Å². The molecule has 0 heterocycles. The molecule has 0 fully saturated rings. The summed E-state index contributed by atoms with van der Waals surface area (Å²) in [6.07, 6.45) is 4.90. The number of hydrogen-bond acceptors (Lipinski definition) is 12. The highest BCUT2D eigenvalue weighted by molar-refractivity contribution is 9.14. The molecule has 93 heavy (non-hydrogen) atoms. The van der Waals surface area contributed by atoms with Gasteiger partial charge >= 0.3 is 31.8 Å². The van der Waals surface area contributed by atoms with Gasteiger partial charge in [0.2, 0.25) is 17.3 Å². The van der Waals surface area contributed by atoms with E-state index in [-0.39, 0.29) is 50.7 Å². The highest BCUT2D eigenvalue weighted by Gasteiger charge is 2.34. The zero-order valence-corrected chi connectivity index (χ0v) is 69.6. The fourth-order valence-corrected chi connectivity index (χ4v) is 18.6. The van der Waals surface area contributed by atoms with Gasteiger partial charge in [-0.2, -0.15) is 0 Å². The van der Waals surface area contributed by atoms with Crippen molar-refractivity contribution in [1.82, 2.24) is 0 Å². The van der Waals surface area contributed by atoms with E-state index < -0.39 is 30.4 Å². The third-order valence-electron chi connectivity index (χ3n) is 14.5. The number of phenolic OH excluding ortho intramolecular Hbond substituents is 2. The van der Waals surface area contributed by atoms with Crippen LogP contribution in [0.25, 0.3) is 16.7 Å². The summed E-state index contributed by atoms with van der Waals surface area (Å²) in [6.45, 7) is 10.6. The SMILES string of the molecule is CC1=C(Br)C(=O)C(Br)=C/C1=C(/c1ccccc1S(=O)(=O)[OH2+])c1cc(Br)c(O)c(Br)c1C.CC1=C(Br)C(=O)C(Br)=C/C1=C(/c1ccccc1S(=O)(=O)[OH2+])c1cc(Br)c([O-])c(Br)c1C.CC1=C(Br)C(=O)C(Br)=C/C1=C(\c1ccccc1S(=O)(=O)[OH2+])c1cc(Br)c(O)c(Br)c1C.[H+]. The molecule has 0 aliphatic heterocycles. The van der Waals surface area contributed by atoms with Gasteiger partial charge < -0.3 is 29.0 Å². The maximum absolute atomic E-state index is 12.4. The van der Waals surface area contributed by atoms with E-state index in [1.165, 1.54) is 18.2 Å². The molecule has 15 nitrogen and oxygen atoms in total. The van der Waals surface area contributed by atoms with Crippen molar-refractivity contribution in [2.75, 3.05) is 0 Å². The van der Waals surface area contributed by atoms with Crippen LogP contribution in [0, 0.1) is 20.8 Å². The number of allylic oxidation sites excluding steroid dienone is 15. The minimum absolute atomic E-state index is 0. The summed E-state index contributed by atoms with van der Waals surface area (Å²) < 4.78 is 101. The van der Waals surface area contributed by atoms with Gasteiger partial charge in [-0.3, -0.25) is 14.4 Å². The lowest BCUT2D eigenvalue weighted by molar-refractivity contribution is -0.270. The Balaban J connectivity index is 0.000000222. The molecule has 0 bridgehead atoms. The molecule has 0 saturated heterocycles. The molecule has 6 aromatic carbocycles. The van der Waals surface area contributed by atoms with Gasteiger partial charge in [0.15, 0.2) is 14.7 Å². The lowest BCUT2D eigenvalue weighted by atomic mass is 9.85. The molecule has 30 heteroatoms. The van der Waals surface area contributed by atoms with Crippen LogP contribution in [0.1, 0.15) is 72.3 Å². The van der Waals surface area contributed by atoms with Gasteiger partial charge in [0.05, 0.1) is 44.8 Å². The van der Waals surface area contributed by atoms with Gasteiger partial charge in [0.1, 0.15) is 11.5 Å². The molecule has 0 amide bonds. The van der Waals surface area contributed by atoms with Gasteiger partial charge in [-0.05, 0) is 339 Å². The first kappa shape index (κ1) is 77.2. The molecular weight excluding hydrogens is 2050 g/mol. The second kappa shape index (κ2) is 30.6. The molecule has 3 aliphatic rings. The third-order valence-corrected chi connectivity index (χ3v) is 26.6. The van der Waals surface area contributed by atoms with Crippen molar-refractivity contribution in [1.29, 1.82) is 0 Å². The van der Waals surface area contributed by atoms with E-state index >= 15 is 0 Å². The van der Waals surface area contributed by atoms with Gasteiger partial charge in [-0.25, -0.2) is 0 Å². The molecule has 0 atom stereocenters. The number of aromatic hydroxyl groups is 2. The second-order valence-corrected chi connectivity index (χ2v) is 34.4. The first-order chi connectivity index (χ1) is 43.1. The first-order valence-corrected chi connectivity index (χ1v) is 39.9.